The number of para-hydroxylation sites is 1. The molecule has 0 saturated carbocycles. The van der Waals surface area contributed by atoms with Crippen LogP contribution in [0.2, 0.25) is 5.02 Å². The smallest absolute Gasteiger partial charge is 0.416 e. The number of anilines is 2. The highest BCUT2D eigenvalue weighted by molar-refractivity contribution is 6.34. The van der Waals surface area contributed by atoms with Gasteiger partial charge in [-0.1, -0.05) is 29.8 Å². The zero-order valence-corrected chi connectivity index (χ0v) is 18.5. The molecular weight excluding hydrogens is 457 g/mol. The molecule has 1 aliphatic rings. The van der Waals surface area contributed by atoms with Crippen LogP contribution >= 0.6 is 11.6 Å². The number of halogens is 4. The minimum Gasteiger partial charge on any atom is -0.459 e. The predicted octanol–water partition coefficient (Wildman–Crippen LogP) is 6.49. The molecule has 3 aromatic rings. The van der Waals surface area contributed by atoms with Crippen molar-refractivity contribution in [3.05, 3.63) is 82.8 Å². The quantitative estimate of drug-likeness (QED) is 0.434. The molecule has 0 saturated heterocycles. The Hall–Kier alpha value is -3.26. The molecule has 2 atom stereocenters. The number of benzene rings is 2. The molecule has 0 fully saturated rings. The average Bonchev–Trinajstić information content (AvgIpc) is 3.29. The van der Waals surface area contributed by atoms with Gasteiger partial charge in [0.25, 0.3) is 5.91 Å². The summed E-state index contributed by atoms with van der Waals surface area (Å²) in [5, 5.41) is -0.0222. The molecule has 172 valence electrons. The number of carbonyl (C=O) groups is 2. The van der Waals surface area contributed by atoms with Crippen LogP contribution in [0.25, 0.3) is 0 Å². The Bertz CT molecular complexity index is 1180. The van der Waals surface area contributed by atoms with Crippen molar-refractivity contribution < 1.29 is 27.2 Å². The molecule has 5 nitrogen and oxygen atoms in total. The molecule has 2 aromatic carbocycles. The first kappa shape index (κ1) is 22.9. The van der Waals surface area contributed by atoms with Crippen LogP contribution in [0.15, 0.2) is 65.3 Å². The van der Waals surface area contributed by atoms with Gasteiger partial charge in [-0.25, -0.2) is 0 Å². The van der Waals surface area contributed by atoms with Gasteiger partial charge < -0.3 is 14.2 Å². The second kappa shape index (κ2) is 8.59. The van der Waals surface area contributed by atoms with Crippen molar-refractivity contribution in [3.8, 4) is 0 Å². The monoisotopic (exact) mass is 476 g/mol. The fraction of sp³-hybridized carbons (Fsp3) is 0.250. The van der Waals surface area contributed by atoms with Crippen LogP contribution in [0.1, 0.15) is 48.0 Å². The molecular formula is C24H20ClF3N2O3. The molecule has 0 bridgehead atoms. The summed E-state index contributed by atoms with van der Waals surface area (Å²) < 4.78 is 47.7. The van der Waals surface area contributed by atoms with Crippen LogP contribution in [0.3, 0.4) is 0 Å². The SMILES string of the molecule is CC(=O)N(c1ccccc1)C1CC(C)N(C(=O)c2ccco2)c2c(Cl)ccc(C(F)(F)F)c21. The number of amides is 2. The summed E-state index contributed by atoms with van der Waals surface area (Å²) in [5.74, 6) is -1.06. The highest BCUT2D eigenvalue weighted by atomic mass is 35.5. The van der Waals surface area contributed by atoms with Gasteiger partial charge in [-0.15, -0.1) is 0 Å². The van der Waals surface area contributed by atoms with E-state index >= 15 is 0 Å². The van der Waals surface area contributed by atoms with Gasteiger partial charge >= 0.3 is 6.18 Å². The van der Waals surface area contributed by atoms with Crippen molar-refractivity contribution >= 4 is 34.8 Å². The topological polar surface area (TPSA) is 53.8 Å². The number of nitrogens with zero attached hydrogens (tertiary/aromatic N) is 2. The minimum absolute atomic E-state index is 0.0220. The second-order valence-corrected chi connectivity index (χ2v) is 8.24. The van der Waals surface area contributed by atoms with Gasteiger partial charge in [0.05, 0.1) is 28.6 Å². The summed E-state index contributed by atoms with van der Waals surface area (Å²) in [6.45, 7) is 3.01. The number of hydrogen-bond donors (Lipinski definition) is 0. The highest BCUT2D eigenvalue weighted by Crippen LogP contribution is 2.50. The van der Waals surface area contributed by atoms with E-state index in [4.69, 9.17) is 16.0 Å². The molecule has 33 heavy (non-hydrogen) atoms. The van der Waals surface area contributed by atoms with E-state index in [1.807, 2.05) is 0 Å². The Morgan fingerprint density at radius 3 is 2.36 bits per heavy atom. The minimum atomic E-state index is -4.73. The fourth-order valence-electron chi connectivity index (χ4n) is 4.40. The first-order chi connectivity index (χ1) is 15.6. The lowest BCUT2D eigenvalue weighted by Gasteiger charge is -2.44. The number of carbonyl (C=O) groups excluding carboxylic acids is 2. The van der Waals surface area contributed by atoms with E-state index in [-0.39, 0.29) is 28.5 Å². The van der Waals surface area contributed by atoms with E-state index in [2.05, 4.69) is 0 Å². The van der Waals surface area contributed by atoms with E-state index < -0.39 is 35.6 Å². The maximum absolute atomic E-state index is 14.2. The van der Waals surface area contributed by atoms with Gasteiger partial charge in [0.2, 0.25) is 5.91 Å². The zero-order chi connectivity index (χ0) is 23.9. The maximum atomic E-state index is 14.2. The summed E-state index contributed by atoms with van der Waals surface area (Å²) >= 11 is 6.43. The summed E-state index contributed by atoms with van der Waals surface area (Å²) in [4.78, 5) is 28.5. The zero-order valence-electron chi connectivity index (χ0n) is 17.8. The van der Waals surface area contributed by atoms with Crippen LogP contribution in [0, 0.1) is 0 Å². The van der Waals surface area contributed by atoms with Crippen molar-refractivity contribution in [2.24, 2.45) is 0 Å². The molecule has 9 heteroatoms. The Balaban J connectivity index is 1.98. The van der Waals surface area contributed by atoms with Crippen molar-refractivity contribution in [1.82, 2.24) is 0 Å². The molecule has 4 rings (SSSR count). The summed E-state index contributed by atoms with van der Waals surface area (Å²) in [7, 11) is 0. The van der Waals surface area contributed by atoms with Crippen LogP contribution in [-0.2, 0) is 11.0 Å². The summed E-state index contributed by atoms with van der Waals surface area (Å²) in [6.07, 6.45) is -3.35. The van der Waals surface area contributed by atoms with E-state index in [0.717, 1.165) is 12.1 Å². The highest BCUT2D eigenvalue weighted by Gasteiger charge is 2.46. The fourth-order valence-corrected chi connectivity index (χ4v) is 4.66. The van der Waals surface area contributed by atoms with Crippen molar-refractivity contribution in [2.45, 2.75) is 38.5 Å². The number of fused-ring (bicyclic) bond motifs is 1. The molecule has 0 spiro atoms. The van der Waals surface area contributed by atoms with Crippen LogP contribution in [0.5, 0.6) is 0 Å². The van der Waals surface area contributed by atoms with Gasteiger partial charge in [-0.2, -0.15) is 13.2 Å². The predicted molar refractivity (Wildman–Crippen MR) is 118 cm³/mol. The summed E-state index contributed by atoms with van der Waals surface area (Å²) in [5.41, 5.74) is -0.781. The van der Waals surface area contributed by atoms with E-state index in [1.165, 1.54) is 35.1 Å². The van der Waals surface area contributed by atoms with Crippen LogP contribution in [0.4, 0.5) is 24.5 Å². The largest absolute Gasteiger partial charge is 0.459 e. The van der Waals surface area contributed by atoms with Crippen LogP contribution < -0.4 is 9.80 Å². The number of alkyl halides is 3. The first-order valence-corrected chi connectivity index (χ1v) is 10.6. The molecule has 1 aliphatic heterocycles. The number of hydrogen-bond acceptors (Lipinski definition) is 3. The Morgan fingerprint density at radius 1 is 1.09 bits per heavy atom. The van der Waals surface area contributed by atoms with Gasteiger partial charge in [-0.3, -0.25) is 9.59 Å². The normalized spacial score (nSPS) is 18.1. The lowest BCUT2D eigenvalue weighted by atomic mass is 9.86. The first-order valence-electron chi connectivity index (χ1n) is 10.2. The standard InChI is InChI=1S/C24H20ClF3N2O3/c1-14-13-19(30(15(2)31)16-7-4-3-5-8-16)21-17(24(26,27)28)10-11-18(25)22(21)29(14)23(32)20-9-6-12-33-20/h3-12,14,19H,13H2,1-2H3. The summed E-state index contributed by atoms with van der Waals surface area (Å²) in [6, 6.07) is 11.9. The van der Waals surface area contributed by atoms with E-state index in [0.29, 0.717) is 5.69 Å². The van der Waals surface area contributed by atoms with Crippen molar-refractivity contribution in [3.63, 3.8) is 0 Å². The van der Waals surface area contributed by atoms with E-state index in [1.54, 1.807) is 37.3 Å². The third kappa shape index (κ3) is 4.11. The Kier molecular flexibility index (Phi) is 5.97. The maximum Gasteiger partial charge on any atom is 0.416 e. The molecule has 0 aliphatic carbocycles. The number of furan rings is 1. The molecule has 2 unspecified atom stereocenters. The van der Waals surface area contributed by atoms with Crippen LogP contribution in [-0.4, -0.2) is 17.9 Å². The second-order valence-electron chi connectivity index (χ2n) is 7.83. The van der Waals surface area contributed by atoms with Gasteiger partial charge in [0, 0.05) is 24.2 Å². The lowest BCUT2D eigenvalue weighted by molar-refractivity contribution is -0.138. The van der Waals surface area contributed by atoms with Crippen molar-refractivity contribution in [2.75, 3.05) is 9.80 Å². The molecule has 1 aromatic heterocycles. The Morgan fingerprint density at radius 2 is 1.79 bits per heavy atom. The molecule has 2 heterocycles. The van der Waals surface area contributed by atoms with Crippen molar-refractivity contribution in [1.29, 1.82) is 0 Å². The van der Waals surface area contributed by atoms with Gasteiger partial charge in [0.15, 0.2) is 5.76 Å². The average molecular weight is 477 g/mol. The lowest BCUT2D eigenvalue weighted by Crippen LogP contribution is -2.48. The van der Waals surface area contributed by atoms with E-state index in [9.17, 15) is 22.8 Å². The van der Waals surface area contributed by atoms with Gasteiger partial charge in [-0.05, 0) is 49.7 Å². The van der Waals surface area contributed by atoms with Gasteiger partial charge in [0.1, 0.15) is 0 Å². The third-order valence-corrected chi connectivity index (χ3v) is 5.99. The molecule has 2 amide bonds. The molecule has 0 N–H and O–H groups in total. The molecule has 0 radical (unpaired) electrons. The number of rotatable bonds is 3. The third-order valence-electron chi connectivity index (χ3n) is 5.69. The Labute approximate surface area is 193 Å².